The summed E-state index contributed by atoms with van der Waals surface area (Å²) in [7, 11) is 0. The molecule has 1 aromatic carbocycles. The zero-order valence-corrected chi connectivity index (χ0v) is 24.3. The predicted octanol–water partition coefficient (Wildman–Crippen LogP) is 5.15. The van der Waals surface area contributed by atoms with E-state index in [2.05, 4.69) is 25.2 Å². The van der Waals surface area contributed by atoms with Gasteiger partial charge in [-0.2, -0.15) is 23.1 Å². The molecule has 230 valence electrons. The number of nitrogens with one attached hydrogen (secondary N) is 1. The molecule has 43 heavy (non-hydrogen) atoms. The van der Waals surface area contributed by atoms with Crippen molar-refractivity contribution in [3.63, 3.8) is 0 Å². The molecule has 8 nitrogen and oxygen atoms in total. The lowest BCUT2D eigenvalue weighted by molar-refractivity contribution is -0.137. The first kappa shape index (κ1) is 28.7. The van der Waals surface area contributed by atoms with E-state index in [1.165, 1.54) is 13.0 Å². The second-order valence-electron chi connectivity index (χ2n) is 12.5. The van der Waals surface area contributed by atoms with Crippen LogP contribution in [0.15, 0.2) is 12.1 Å². The van der Waals surface area contributed by atoms with E-state index in [-0.39, 0.29) is 45.3 Å². The Morgan fingerprint density at radius 3 is 2.65 bits per heavy atom. The average Bonchev–Trinajstić information content (AvgIpc) is 3.59. The molecule has 0 saturated carbocycles. The standard InChI is InChI=1S/C29H31ClF5N7O/c1-15-7-19(36)38-24(21(15)29(33,34)35)20-18(30)8-17-23(22(20)32)39-26(40-25(17)41-6-4-27(13-41)11-37-12-27)43-14-28-3-2-5-42(28)10-16(31)9-28/h7-8,16,37H,2-6,9-14H2,1H3,(H2,36,38)/t16?,28-/m1/s1. The summed E-state index contributed by atoms with van der Waals surface area (Å²) in [5, 5.41) is 3.28. The number of halogens is 6. The molecule has 2 atom stereocenters. The van der Waals surface area contributed by atoms with E-state index in [0.29, 0.717) is 31.9 Å². The van der Waals surface area contributed by atoms with E-state index in [0.717, 1.165) is 45.0 Å². The third kappa shape index (κ3) is 4.74. The summed E-state index contributed by atoms with van der Waals surface area (Å²) < 4.78 is 79.6. The van der Waals surface area contributed by atoms with Crippen LogP contribution < -0.4 is 20.7 Å². The number of anilines is 2. The van der Waals surface area contributed by atoms with Crippen LogP contribution in [0, 0.1) is 18.2 Å². The Morgan fingerprint density at radius 1 is 1.16 bits per heavy atom. The van der Waals surface area contributed by atoms with Gasteiger partial charge >= 0.3 is 12.2 Å². The summed E-state index contributed by atoms with van der Waals surface area (Å²) in [6.45, 7) is 5.44. The number of benzene rings is 1. The summed E-state index contributed by atoms with van der Waals surface area (Å²) in [4.78, 5) is 17.1. The van der Waals surface area contributed by atoms with Gasteiger partial charge in [-0.1, -0.05) is 11.6 Å². The van der Waals surface area contributed by atoms with Crippen molar-refractivity contribution < 1.29 is 26.7 Å². The first-order chi connectivity index (χ1) is 20.4. The largest absolute Gasteiger partial charge is 0.461 e. The highest BCUT2D eigenvalue weighted by atomic mass is 35.5. The summed E-state index contributed by atoms with van der Waals surface area (Å²) in [5.41, 5.74) is 2.54. The fraction of sp³-hybridized carbons (Fsp3) is 0.552. The Hall–Kier alpha value is -3.03. The highest BCUT2D eigenvalue weighted by molar-refractivity contribution is 6.34. The molecule has 0 aliphatic carbocycles. The topological polar surface area (TPSA) is 92.4 Å². The van der Waals surface area contributed by atoms with Gasteiger partial charge < -0.3 is 20.7 Å². The molecule has 3 aromatic rings. The summed E-state index contributed by atoms with van der Waals surface area (Å²) in [5.74, 6) is -0.897. The lowest BCUT2D eigenvalue weighted by Gasteiger charge is -2.39. The highest BCUT2D eigenvalue weighted by Gasteiger charge is 2.50. The molecule has 4 aliphatic rings. The SMILES string of the molecule is Cc1cc(N)nc(-c2c(Cl)cc3c(N4CCC5(CNC5)C4)nc(OC[C@]45CCCN4CC(F)C5)nc3c2F)c1C(F)(F)F. The van der Waals surface area contributed by atoms with Crippen LogP contribution in [-0.2, 0) is 6.18 Å². The third-order valence-electron chi connectivity index (χ3n) is 9.57. The van der Waals surface area contributed by atoms with Gasteiger partial charge in [-0.25, -0.2) is 13.8 Å². The van der Waals surface area contributed by atoms with Gasteiger partial charge in [0.05, 0.1) is 27.4 Å². The van der Waals surface area contributed by atoms with Crippen LogP contribution in [-0.4, -0.2) is 77.4 Å². The van der Waals surface area contributed by atoms with Gasteiger partial charge in [0.25, 0.3) is 0 Å². The minimum absolute atomic E-state index is 0.0640. The number of rotatable bonds is 5. The third-order valence-corrected chi connectivity index (χ3v) is 9.87. The predicted molar refractivity (Wildman–Crippen MR) is 153 cm³/mol. The van der Waals surface area contributed by atoms with Crippen LogP contribution in [0.5, 0.6) is 6.01 Å². The molecule has 0 radical (unpaired) electrons. The minimum atomic E-state index is -4.85. The van der Waals surface area contributed by atoms with Crippen LogP contribution in [0.2, 0.25) is 5.02 Å². The Labute approximate surface area is 249 Å². The Balaban J connectivity index is 1.37. The molecular weight excluding hydrogens is 593 g/mol. The Morgan fingerprint density at radius 2 is 1.95 bits per heavy atom. The van der Waals surface area contributed by atoms with Crippen molar-refractivity contribution in [2.45, 2.75) is 50.5 Å². The number of aryl methyl sites for hydroxylation is 1. The summed E-state index contributed by atoms with van der Waals surface area (Å²) >= 11 is 6.56. The average molecular weight is 624 g/mol. The van der Waals surface area contributed by atoms with Gasteiger partial charge in [-0.15, -0.1) is 0 Å². The lowest BCUT2D eigenvalue weighted by Crippen LogP contribution is -2.54. The van der Waals surface area contributed by atoms with E-state index in [9.17, 15) is 17.6 Å². The van der Waals surface area contributed by atoms with Crippen LogP contribution >= 0.6 is 11.6 Å². The number of pyridine rings is 1. The first-order valence-corrected chi connectivity index (χ1v) is 14.8. The molecular formula is C29H31ClF5N7O. The van der Waals surface area contributed by atoms with Crippen molar-refractivity contribution in [1.29, 1.82) is 0 Å². The second-order valence-corrected chi connectivity index (χ2v) is 12.9. The molecule has 4 saturated heterocycles. The quantitative estimate of drug-likeness (QED) is 0.377. The van der Waals surface area contributed by atoms with Crippen LogP contribution in [0.4, 0.5) is 33.6 Å². The Bertz CT molecular complexity index is 1620. The molecule has 14 heteroatoms. The number of aromatic nitrogens is 3. The number of hydrogen-bond acceptors (Lipinski definition) is 8. The van der Waals surface area contributed by atoms with Gasteiger partial charge in [-0.05, 0) is 50.4 Å². The summed E-state index contributed by atoms with van der Waals surface area (Å²) in [6.07, 6.45) is -2.93. The zero-order valence-electron chi connectivity index (χ0n) is 23.5. The van der Waals surface area contributed by atoms with Crippen molar-refractivity contribution in [2.75, 3.05) is 56.5 Å². The van der Waals surface area contributed by atoms with Crippen LogP contribution in [0.3, 0.4) is 0 Å². The molecule has 4 fully saturated rings. The van der Waals surface area contributed by atoms with Crippen molar-refractivity contribution in [2.24, 2.45) is 5.41 Å². The lowest BCUT2D eigenvalue weighted by atomic mass is 9.81. The Kier molecular flexibility index (Phi) is 6.68. The molecule has 1 spiro atoms. The number of ether oxygens (including phenoxy) is 1. The maximum Gasteiger partial charge on any atom is 0.418 e. The van der Waals surface area contributed by atoms with E-state index >= 15 is 4.39 Å². The normalized spacial score (nSPS) is 25.1. The monoisotopic (exact) mass is 623 g/mol. The van der Waals surface area contributed by atoms with Gasteiger partial charge in [0.15, 0.2) is 5.82 Å². The van der Waals surface area contributed by atoms with Crippen molar-refractivity contribution >= 4 is 34.1 Å². The van der Waals surface area contributed by atoms with Crippen molar-refractivity contribution in [3.05, 3.63) is 34.1 Å². The van der Waals surface area contributed by atoms with Gasteiger partial charge in [0.1, 0.15) is 29.9 Å². The summed E-state index contributed by atoms with van der Waals surface area (Å²) in [6, 6.07) is 2.35. The van der Waals surface area contributed by atoms with Crippen molar-refractivity contribution in [1.82, 2.24) is 25.2 Å². The highest BCUT2D eigenvalue weighted by Crippen LogP contribution is 2.46. The van der Waals surface area contributed by atoms with E-state index in [4.69, 9.17) is 22.1 Å². The van der Waals surface area contributed by atoms with E-state index in [1.807, 2.05) is 4.90 Å². The molecule has 3 N–H and O–H groups in total. The van der Waals surface area contributed by atoms with Gasteiger partial charge in [-0.3, -0.25) is 4.90 Å². The molecule has 4 aliphatic heterocycles. The second kappa shape index (κ2) is 10.00. The zero-order chi connectivity index (χ0) is 30.3. The van der Waals surface area contributed by atoms with E-state index < -0.39 is 40.5 Å². The molecule has 2 aromatic heterocycles. The van der Waals surface area contributed by atoms with Gasteiger partial charge in [0, 0.05) is 49.9 Å². The maximum atomic E-state index is 16.6. The molecule has 6 heterocycles. The fourth-order valence-electron chi connectivity index (χ4n) is 7.45. The van der Waals surface area contributed by atoms with Crippen molar-refractivity contribution in [3.8, 4) is 17.3 Å². The van der Waals surface area contributed by atoms with Crippen LogP contribution in [0.25, 0.3) is 22.2 Å². The first-order valence-electron chi connectivity index (χ1n) is 14.4. The minimum Gasteiger partial charge on any atom is -0.461 e. The molecule has 7 rings (SSSR count). The maximum absolute atomic E-state index is 16.6. The van der Waals surface area contributed by atoms with E-state index in [1.54, 1.807) is 0 Å². The molecule has 1 unspecified atom stereocenters. The number of nitrogens with two attached hydrogens (primary N) is 1. The fourth-order valence-corrected chi connectivity index (χ4v) is 7.73. The molecule has 0 bridgehead atoms. The molecule has 0 amide bonds. The number of hydrogen-bond donors (Lipinski definition) is 2. The number of fused-ring (bicyclic) bond motifs is 2. The van der Waals surface area contributed by atoms with Gasteiger partial charge in [0.2, 0.25) is 0 Å². The number of nitrogens with zero attached hydrogens (tertiary/aromatic N) is 5. The number of nitrogen functional groups attached to an aromatic ring is 1. The number of alkyl halides is 4. The smallest absolute Gasteiger partial charge is 0.418 e. The van der Waals surface area contributed by atoms with Crippen LogP contribution in [0.1, 0.15) is 36.8 Å².